The predicted molar refractivity (Wildman–Crippen MR) is 110 cm³/mol. The molecule has 0 amide bonds. The molecule has 1 aromatic carbocycles. The van der Waals surface area contributed by atoms with Crippen LogP contribution >= 0.6 is 0 Å². The minimum Gasteiger partial charge on any atom is -0.334 e. The molecular weight excluding hydrogens is 364 g/mol. The van der Waals surface area contributed by atoms with Crippen LogP contribution in [0.15, 0.2) is 47.1 Å². The third kappa shape index (κ3) is 3.45. The number of pyridine rings is 1. The fourth-order valence-electron chi connectivity index (χ4n) is 3.77. The summed E-state index contributed by atoms with van der Waals surface area (Å²) in [6.45, 7) is 6.01. The Morgan fingerprint density at radius 2 is 1.79 bits per heavy atom. The van der Waals surface area contributed by atoms with Gasteiger partial charge in [-0.15, -0.1) is 0 Å². The number of nitrogens with one attached hydrogen (secondary N) is 1. The van der Waals surface area contributed by atoms with Crippen molar-refractivity contribution in [3.05, 3.63) is 65.1 Å². The van der Waals surface area contributed by atoms with Gasteiger partial charge in [-0.05, 0) is 81.2 Å². The average Bonchev–Trinajstić information content (AvgIpc) is 3.27. The molecule has 4 aromatic rings. The van der Waals surface area contributed by atoms with Gasteiger partial charge in [0.25, 0.3) is 5.89 Å². The lowest BCUT2D eigenvalue weighted by Gasteiger charge is -2.05. The Morgan fingerprint density at radius 1 is 0.966 bits per heavy atom. The summed E-state index contributed by atoms with van der Waals surface area (Å²) in [6.07, 6.45) is 3.82. The molecule has 7 nitrogen and oxygen atoms in total. The van der Waals surface area contributed by atoms with Gasteiger partial charge in [0.15, 0.2) is 5.82 Å². The summed E-state index contributed by atoms with van der Waals surface area (Å²) in [4.78, 5) is 9.11. The SMILES string of the molecule is Cc1cc(C)n(-c2ccc(-c3noc(-c4ccc5c(c4)CCNCC5)n3)cn2)n1. The maximum atomic E-state index is 5.54. The third-order valence-corrected chi connectivity index (χ3v) is 5.25. The monoisotopic (exact) mass is 386 g/mol. The van der Waals surface area contributed by atoms with Crippen molar-refractivity contribution in [3.8, 4) is 28.7 Å². The van der Waals surface area contributed by atoms with Gasteiger partial charge in [0, 0.05) is 23.0 Å². The van der Waals surface area contributed by atoms with E-state index in [0.717, 1.165) is 54.3 Å². The van der Waals surface area contributed by atoms with Crippen LogP contribution in [-0.4, -0.2) is 38.0 Å². The zero-order valence-electron chi connectivity index (χ0n) is 16.5. The molecule has 0 radical (unpaired) electrons. The molecule has 0 atom stereocenters. The van der Waals surface area contributed by atoms with Crippen LogP contribution in [0.2, 0.25) is 0 Å². The molecule has 0 bridgehead atoms. The first-order chi connectivity index (χ1) is 14.2. The van der Waals surface area contributed by atoms with Crippen molar-refractivity contribution >= 4 is 0 Å². The van der Waals surface area contributed by atoms with Crippen LogP contribution in [0.1, 0.15) is 22.5 Å². The van der Waals surface area contributed by atoms with Gasteiger partial charge in [0.05, 0.1) is 5.69 Å². The summed E-state index contributed by atoms with van der Waals surface area (Å²) >= 11 is 0. The summed E-state index contributed by atoms with van der Waals surface area (Å²) in [5.41, 5.74) is 6.52. The molecule has 1 N–H and O–H groups in total. The van der Waals surface area contributed by atoms with Gasteiger partial charge < -0.3 is 9.84 Å². The normalized spacial score (nSPS) is 13.9. The van der Waals surface area contributed by atoms with Crippen LogP contribution in [-0.2, 0) is 12.8 Å². The lowest BCUT2D eigenvalue weighted by molar-refractivity contribution is 0.432. The molecule has 146 valence electrons. The van der Waals surface area contributed by atoms with Crippen molar-refractivity contribution in [3.63, 3.8) is 0 Å². The average molecular weight is 386 g/mol. The second-order valence-electron chi connectivity index (χ2n) is 7.40. The summed E-state index contributed by atoms with van der Waals surface area (Å²) in [5.74, 6) is 1.83. The van der Waals surface area contributed by atoms with Crippen LogP contribution in [0.4, 0.5) is 0 Å². The van der Waals surface area contributed by atoms with Gasteiger partial charge in [-0.1, -0.05) is 11.2 Å². The lowest BCUT2D eigenvalue weighted by atomic mass is 10.00. The third-order valence-electron chi connectivity index (χ3n) is 5.25. The van der Waals surface area contributed by atoms with E-state index in [2.05, 4.69) is 43.7 Å². The Morgan fingerprint density at radius 3 is 2.55 bits per heavy atom. The first-order valence-electron chi connectivity index (χ1n) is 9.84. The minimum atomic E-state index is 0.530. The van der Waals surface area contributed by atoms with Crippen molar-refractivity contribution < 1.29 is 4.52 Å². The van der Waals surface area contributed by atoms with Gasteiger partial charge in [0.1, 0.15) is 0 Å². The molecule has 0 fully saturated rings. The van der Waals surface area contributed by atoms with Crippen molar-refractivity contribution in [1.29, 1.82) is 0 Å². The van der Waals surface area contributed by atoms with Crippen LogP contribution in [0.3, 0.4) is 0 Å². The van der Waals surface area contributed by atoms with E-state index in [4.69, 9.17) is 4.52 Å². The van der Waals surface area contributed by atoms with Crippen LogP contribution in [0, 0.1) is 13.8 Å². The number of nitrogens with zero attached hydrogens (tertiary/aromatic N) is 5. The zero-order valence-corrected chi connectivity index (χ0v) is 16.5. The number of aryl methyl sites for hydroxylation is 2. The standard InChI is InChI=1S/C22H22N6O/c1-14-11-15(2)28(26-14)20-6-5-19(13-24-20)21-25-22(29-27-21)18-4-3-16-7-9-23-10-8-17(16)12-18/h3-6,11-13,23H,7-10H2,1-2H3. The topological polar surface area (TPSA) is 81.7 Å². The summed E-state index contributed by atoms with van der Waals surface area (Å²) in [7, 11) is 0. The van der Waals surface area contributed by atoms with Crippen molar-refractivity contribution in [1.82, 2.24) is 30.2 Å². The molecular formula is C22H22N6O. The smallest absolute Gasteiger partial charge is 0.258 e. The van der Waals surface area contributed by atoms with E-state index in [9.17, 15) is 0 Å². The van der Waals surface area contributed by atoms with E-state index < -0.39 is 0 Å². The van der Waals surface area contributed by atoms with Crippen molar-refractivity contribution in [2.24, 2.45) is 0 Å². The second kappa shape index (κ2) is 7.25. The van der Waals surface area contributed by atoms with Gasteiger partial charge in [-0.2, -0.15) is 10.1 Å². The number of benzene rings is 1. The number of aromatic nitrogens is 5. The van der Waals surface area contributed by atoms with Crippen molar-refractivity contribution in [2.75, 3.05) is 13.1 Å². The molecule has 0 aliphatic carbocycles. The number of hydrogen-bond donors (Lipinski definition) is 1. The Kier molecular flexibility index (Phi) is 4.44. The van der Waals surface area contributed by atoms with Gasteiger partial charge in [0.2, 0.25) is 5.82 Å². The Bertz CT molecular complexity index is 1160. The molecule has 29 heavy (non-hydrogen) atoms. The van der Waals surface area contributed by atoms with Crippen molar-refractivity contribution in [2.45, 2.75) is 26.7 Å². The van der Waals surface area contributed by atoms with Gasteiger partial charge in [-0.25, -0.2) is 9.67 Å². The number of rotatable bonds is 3. The highest BCUT2D eigenvalue weighted by Crippen LogP contribution is 2.25. The molecule has 4 heterocycles. The molecule has 3 aromatic heterocycles. The first kappa shape index (κ1) is 17.8. The highest BCUT2D eigenvalue weighted by Gasteiger charge is 2.15. The number of hydrogen-bond acceptors (Lipinski definition) is 6. The fourth-order valence-corrected chi connectivity index (χ4v) is 3.77. The van der Waals surface area contributed by atoms with Gasteiger partial charge in [-0.3, -0.25) is 0 Å². The summed E-state index contributed by atoms with van der Waals surface area (Å²) < 4.78 is 7.37. The van der Waals surface area contributed by atoms with E-state index in [-0.39, 0.29) is 0 Å². The highest BCUT2D eigenvalue weighted by molar-refractivity contribution is 5.61. The van der Waals surface area contributed by atoms with E-state index >= 15 is 0 Å². The number of fused-ring (bicyclic) bond motifs is 1. The summed E-state index contributed by atoms with van der Waals surface area (Å²) in [5, 5.41) is 12.1. The Balaban J connectivity index is 1.41. The minimum absolute atomic E-state index is 0.530. The second-order valence-corrected chi connectivity index (χ2v) is 7.40. The maximum absolute atomic E-state index is 5.54. The zero-order chi connectivity index (χ0) is 19.8. The Labute approximate surface area is 168 Å². The Hall–Kier alpha value is -3.32. The molecule has 1 aliphatic heterocycles. The van der Waals surface area contributed by atoms with E-state index in [1.165, 1.54) is 11.1 Å². The van der Waals surface area contributed by atoms with Crippen LogP contribution in [0.25, 0.3) is 28.7 Å². The molecule has 5 rings (SSSR count). The fraction of sp³-hybridized carbons (Fsp3) is 0.273. The largest absolute Gasteiger partial charge is 0.334 e. The first-order valence-corrected chi connectivity index (χ1v) is 9.84. The van der Waals surface area contributed by atoms with Crippen LogP contribution in [0.5, 0.6) is 0 Å². The van der Waals surface area contributed by atoms with E-state index in [0.29, 0.717) is 11.7 Å². The summed E-state index contributed by atoms with van der Waals surface area (Å²) in [6, 6.07) is 12.3. The van der Waals surface area contributed by atoms with E-state index in [1.807, 2.05) is 36.7 Å². The predicted octanol–water partition coefficient (Wildman–Crippen LogP) is 3.29. The van der Waals surface area contributed by atoms with Gasteiger partial charge >= 0.3 is 0 Å². The molecule has 7 heteroatoms. The highest BCUT2D eigenvalue weighted by atomic mass is 16.5. The maximum Gasteiger partial charge on any atom is 0.258 e. The lowest BCUT2D eigenvalue weighted by Crippen LogP contribution is -2.16. The van der Waals surface area contributed by atoms with E-state index in [1.54, 1.807) is 6.20 Å². The molecule has 0 spiro atoms. The molecule has 0 saturated heterocycles. The molecule has 0 unspecified atom stereocenters. The molecule has 1 aliphatic rings. The quantitative estimate of drug-likeness (QED) is 0.582. The molecule has 0 saturated carbocycles. The van der Waals surface area contributed by atoms with Crippen LogP contribution < -0.4 is 5.32 Å².